The van der Waals surface area contributed by atoms with Crippen molar-refractivity contribution in [3.05, 3.63) is 17.8 Å². The van der Waals surface area contributed by atoms with Gasteiger partial charge in [-0.05, 0) is 23.3 Å². The van der Waals surface area contributed by atoms with Gasteiger partial charge in [0.2, 0.25) is 0 Å². The van der Waals surface area contributed by atoms with E-state index in [2.05, 4.69) is 36.1 Å². The molecule has 2 N–H and O–H groups in total. The maximum atomic E-state index is 9.18. The summed E-state index contributed by atoms with van der Waals surface area (Å²) in [6.45, 7) is 6.65. The van der Waals surface area contributed by atoms with Gasteiger partial charge in [-0.3, -0.25) is 0 Å². The van der Waals surface area contributed by atoms with Gasteiger partial charge in [-0.1, -0.05) is 20.8 Å². The highest BCUT2D eigenvalue weighted by Gasteiger charge is 2.24. The van der Waals surface area contributed by atoms with Crippen LogP contribution in [0.15, 0.2) is 17.8 Å². The van der Waals surface area contributed by atoms with E-state index in [0.717, 1.165) is 16.0 Å². The van der Waals surface area contributed by atoms with Gasteiger partial charge in [-0.15, -0.1) is 11.3 Å². The van der Waals surface area contributed by atoms with Crippen molar-refractivity contribution in [2.75, 3.05) is 11.9 Å². The molecule has 1 atom stereocenters. The smallest absolute Gasteiger partial charge is 0.138 e. The molecule has 2 aromatic rings. The van der Waals surface area contributed by atoms with E-state index in [-0.39, 0.29) is 18.1 Å². The third-order valence-corrected chi connectivity index (χ3v) is 3.86. The second kappa shape index (κ2) is 5.20. The first-order chi connectivity index (χ1) is 8.52. The van der Waals surface area contributed by atoms with Gasteiger partial charge in [0.1, 0.15) is 17.0 Å². The van der Waals surface area contributed by atoms with Crippen molar-refractivity contribution in [3.8, 4) is 0 Å². The van der Waals surface area contributed by atoms with Gasteiger partial charge in [-0.25, -0.2) is 9.97 Å². The topological polar surface area (TPSA) is 58.0 Å². The lowest BCUT2D eigenvalue weighted by Gasteiger charge is -2.31. The maximum Gasteiger partial charge on any atom is 0.138 e. The highest BCUT2D eigenvalue weighted by molar-refractivity contribution is 7.16. The Kier molecular flexibility index (Phi) is 3.82. The number of hydrogen-bond acceptors (Lipinski definition) is 5. The van der Waals surface area contributed by atoms with Crippen molar-refractivity contribution in [2.45, 2.75) is 33.2 Å². The van der Waals surface area contributed by atoms with Gasteiger partial charge in [0.25, 0.3) is 0 Å². The van der Waals surface area contributed by atoms with E-state index in [4.69, 9.17) is 0 Å². The number of aliphatic hydroxyl groups excluding tert-OH is 1. The van der Waals surface area contributed by atoms with Crippen molar-refractivity contribution in [3.63, 3.8) is 0 Å². The summed E-state index contributed by atoms with van der Waals surface area (Å²) in [5.74, 6) is 0.856. The monoisotopic (exact) mass is 265 g/mol. The Balaban J connectivity index is 2.28. The summed E-state index contributed by atoms with van der Waals surface area (Å²) in [5, 5.41) is 15.7. The molecule has 98 valence electrons. The number of fused-ring (bicyclic) bond motifs is 1. The van der Waals surface area contributed by atoms with E-state index >= 15 is 0 Å². The van der Waals surface area contributed by atoms with Crippen LogP contribution in [0.5, 0.6) is 0 Å². The van der Waals surface area contributed by atoms with Crippen LogP contribution in [0.3, 0.4) is 0 Å². The van der Waals surface area contributed by atoms with Crippen LogP contribution < -0.4 is 5.32 Å². The molecule has 0 aliphatic heterocycles. The first-order valence-electron chi connectivity index (χ1n) is 6.08. The maximum absolute atomic E-state index is 9.18. The van der Waals surface area contributed by atoms with Crippen LogP contribution in [0.2, 0.25) is 0 Å². The van der Waals surface area contributed by atoms with Crippen LogP contribution in [0.25, 0.3) is 10.2 Å². The number of hydrogen-bond donors (Lipinski definition) is 2. The Morgan fingerprint density at radius 2 is 2.17 bits per heavy atom. The summed E-state index contributed by atoms with van der Waals surface area (Å²) in [4.78, 5) is 9.54. The molecule has 0 fully saturated rings. The molecule has 4 nitrogen and oxygen atoms in total. The van der Waals surface area contributed by atoms with Gasteiger partial charge in [0, 0.05) is 12.6 Å². The lowest BCUT2D eigenvalue weighted by Crippen LogP contribution is -2.35. The first kappa shape index (κ1) is 13.2. The van der Waals surface area contributed by atoms with Gasteiger partial charge in [-0.2, -0.15) is 0 Å². The summed E-state index contributed by atoms with van der Waals surface area (Å²) in [7, 11) is 0. The Labute approximate surface area is 111 Å². The second-order valence-corrected chi connectivity index (χ2v) is 6.33. The van der Waals surface area contributed by atoms with E-state index in [1.54, 1.807) is 17.7 Å². The molecule has 2 heterocycles. The molecular formula is C13H19N3OS. The molecule has 0 saturated carbocycles. The fourth-order valence-electron chi connectivity index (χ4n) is 1.92. The van der Waals surface area contributed by atoms with Crippen molar-refractivity contribution in [2.24, 2.45) is 5.41 Å². The van der Waals surface area contributed by atoms with Crippen molar-refractivity contribution in [1.29, 1.82) is 0 Å². The largest absolute Gasteiger partial charge is 0.396 e. The molecule has 0 radical (unpaired) electrons. The third kappa shape index (κ3) is 2.79. The molecular weight excluding hydrogens is 246 g/mol. The molecule has 5 heteroatoms. The second-order valence-electron chi connectivity index (χ2n) is 5.44. The van der Waals surface area contributed by atoms with E-state index in [1.807, 2.05) is 11.4 Å². The van der Waals surface area contributed by atoms with E-state index < -0.39 is 0 Å². The minimum atomic E-state index is 0.0655. The zero-order chi connectivity index (χ0) is 13.2. The molecule has 2 rings (SSSR count). The van der Waals surface area contributed by atoms with Gasteiger partial charge in [0.15, 0.2) is 0 Å². The van der Waals surface area contributed by atoms with Crippen LogP contribution in [0.1, 0.15) is 27.2 Å². The summed E-state index contributed by atoms with van der Waals surface area (Å²) in [5.41, 5.74) is 0.0655. The van der Waals surface area contributed by atoms with E-state index in [0.29, 0.717) is 6.42 Å². The number of aliphatic hydroxyl groups is 1. The first-order valence-corrected chi connectivity index (χ1v) is 6.96. The highest BCUT2D eigenvalue weighted by Crippen LogP contribution is 2.29. The standard InChI is InChI=1S/C13H19N3OS/c1-13(2,3)10(4-6-17)16-11-9-5-7-18-12(9)15-8-14-11/h5,7-8,10,17H,4,6H2,1-3H3,(H,14,15,16). The Hall–Kier alpha value is -1.20. The van der Waals surface area contributed by atoms with Crippen molar-refractivity contribution < 1.29 is 5.11 Å². The van der Waals surface area contributed by atoms with Crippen LogP contribution in [-0.2, 0) is 0 Å². The number of aromatic nitrogens is 2. The molecule has 0 saturated heterocycles. The third-order valence-electron chi connectivity index (χ3n) is 3.04. The summed E-state index contributed by atoms with van der Waals surface area (Å²) >= 11 is 1.61. The lowest BCUT2D eigenvalue weighted by molar-refractivity contribution is 0.235. The SMILES string of the molecule is CC(C)(C)C(CCO)Nc1ncnc2sccc12. The molecule has 0 amide bonds. The molecule has 18 heavy (non-hydrogen) atoms. The minimum Gasteiger partial charge on any atom is -0.396 e. The zero-order valence-corrected chi connectivity index (χ0v) is 11.8. The fourth-order valence-corrected chi connectivity index (χ4v) is 2.65. The van der Waals surface area contributed by atoms with Crippen molar-refractivity contribution >= 4 is 27.4 Å². The Morgan fingerprint density at radius 3 is 2.83 bits per heavy atom. The Bertz CT molecular complexity index is 518. The van der Waals surface area contributed by atoms with Gasteiger partial charge < -0.3 is 10.4 Å². The molecule has 1 unspecified atom stereocenters. The summed E-state index contributed by atoms with van der Waals surface area (Å²) in [6.07, 6.45) is 2.29. The number of nitrogens with one attached hydrogen (secondary N) is 1. The number of rotatable bonds is 4. The number of thiophene rings is 1. The molecule has 0 bridgehead atoms. The molecule has 0 aliphatic carbocycles. The van der Waals surface area contributed by atoms with Crippen LogP contribution in [-0.4, -0.2) is 27.7 Å². The average Bonchev–Trinajstić information content (AvgIpc) is 2.76. The van der Waals surface area contributed by atoms with Gasteiger partial charge >= 0.3 is 0 Å². The van der Waals surface area contributed by atoms with Gasteiger partial charge in [0.05, 0.1) is 5.39 Å². The molecule has 0 aromatic carbocycles. The Morgan fingerprint density at radius 1 is 1.39 bits per heavy atom. The van der Waals surface area contributed by atoms with Crippen LogP contribution >= 0.6 is 11.3 Å². The normalized spacial score (nSPS) is 13.8. The van der Waals surface area contributed by atoms with E-state index in [1.165, 1.54) is 0 Å². The predicted molar refractivity (Wildman–Crippen MR) is 76.0 cm³/mol. The molecule has 2 aromatic heterocycles. The number of nitrogens with zero attached hydrogens (tertiary/aromatic N) is 2. The van der Waals surface area contributed by atoms with Crippen LogP contribution in [0.4, 0.5) is 5.82 Å². The lowest BCUT2D eigenvalue weighted by atomic mass is 9.85. The van der Waals surface area contributed by atoms with Crippen LogP contribution in [0, 0.1) is 5.41 Å². The molecule has 0 aliphatic rings. The minimum absolute atomic E-state index is 0.0655. The predicted octanol–water partition coefficient (Wildman–Crippen LogP) is 2.90. The molecule has 0 spiro atoms. The average molecular weight is 265 g/mol. The quantitative estimate of drug-likeness (QED) is 0.892. The fraction of sp³-hybridized carbons (Fsp3) is 0.538. The van der Waals surface area contributed by atoms with E-state index in [9.17, 15) is 5.11 Å². The zero-order valence-electron chi connectivity index (χ0n) is 11.0. The highest BCUT2D eigenvalue weighted by atomic mass is 32.1. The summed E-state index contributed by atoms with van der Waals surface area (Å²) in [6, 6.07) is 2.21. The number of anilines is 1. The van der Waals surface area contributed by atoms with Crippen molar-refractivity contribution in [1.82, 2.24) is 9.97 Å². The summed E-state index contributed by atoms with van der Waals surface area (Å²) < 4.78 is 0.